The summed E-state index contributed by atoms with van der Waals surface area (Å²) in [4.78, 5) is 0. The van der Waals surface area contributed by atoms with Crippen molar-refractivity contribution >= 4 is 41.0 Å². The zero-order valence-electron chi connectivity index (χ0n) is 9.36. The summed E-state index contributed by atoms with van der Waals surface area (Å²) >= 11 is 11.7. The van der Waals surface area contributed by atoms with Crippen molar-refractivity contribution in [1.29, 1.82) is 0 Å². The van der Waals surface area contributed by atoms with E-state index in [-0.39, 0.29) is 6.92 Å². The van der Waals surface area contributed by atoms with Gasteiger partial charge in [-0.3, -0.25) is 0 Å². The highest BCUT2D eigenvalue weighted by molar-refractivity contribution is 6.80. The van der Waals surface area contributed by atoms with Crippen LogP contribution in [0.5, 0.6) is 0 Å². The molecule has 2 rings (SSSR count). The highest BCUT2D eigenvalue weighted by Gasteiger charge is 2.19. The molecule has 0 amide bonds. The second kappa shape index (κ2) is 5.59. The quantitative estimate of drug-likeness (QED) is 0.775. The Kier molecular flexibility index (Phi) is 4.11. The van der Waals surface area contributed by atoms with E-state index >= 15 is 0 Å². The summed E-state index contributed by atoms with van der Waals surface area (Å²) in [7, 11) is 1.69. The fourth-order valence-electron chi connectivity index (χ4n) is 1.74. The fourth-order valence-corrected chi connectivity index (χ4v) is 1.99. The topological polar surface area (TPSA) is 9.23 Å². The number of hydrogen-bond acceptors (Lipinski definition) is 1. The maximum absolute atomic E-state index is 5.87. The van der Waals surface area contributed by atoms with Crippen molar-refractivity contribution in [2.45, 2.75) is 0 Å². The molecule has 0 fully saturated rings. The number of rotatable bonds is 3. The summed E-state index contributed by atoms with van der Waals surface area (Å²) in [5, 5.41) is 1.44. The maximum atomic E-state index is 5.87. The first kappa shape index (κ1) is 12.5. The molecule has 0 aliphatic rings. The van der Waals surface area contributed by atoms with Crippen molar-refractivity contribution in [3.8, 4) is 0 Å². The van der Waals surface area contributed by atoms with Crippen molar-refractivity contribution in [1.82, 2.24) is 0 Å². The van der Waals surface area contributed by atoms with Gasteiger partial charge in [-0.15, -0.1) is 0 Å². The van der Waals surface area contributed by atoms with Gasteiger partial charge in [-0.2, -0.15) is 0 Å². The lowest BCUT2D eigenvalue weighted by Crippen LogP contribution is -2.43. The molecule has 0 bridgehead atoms. The third kappa shape index (κ3) is 3.03. The average molecular weight is 265 g/mol. The minimum absolute atomic E-state index is 0.0930. The van der Waals surface area contributed by atoms with E-state index in [0.717, 1.165) is 21.0 Å². The Bertz CT molecular complexity index is 436. The summed E-state index contributed by atoms with van der Waals surface area (Å²) in [5.74, 6) is 0. The Balaban J connectivity index is 2.33. The van der Waals surface area contributed by atoms with E-state index in [9.17, 15) is 0 Å². The van der Waals surface area contributed by atoms with Crippen LogP contribution in [0.2, 0.25) is 10.0 Å². The number of hydrogen-bond donors (Lipinski definition) is 0. The zero-order valence-corrected chi connectivity index (χ0v) is 10.9. The normalized spacial score (nSPS) is 10.3. The standard InChI is InChI=1S/C13H11BCl2O/c1-17-14(10-2-6-12(15)7-3-10)11-4-8-13(16)9-5-11/h2-9H,1H3. The van der Waals surface area contributed by atoms with Crippen LogP contribution >= 0.6 is 23.2 Å². The summed E-state index contributed by atoms with van der Waals surface area (Å²) in [6.07, 6.45) is 0. The van der Waals surface area contributed by atoms with Crippen LogP contribution < -0.4 is 10.9 Å². The molecule has 0 aromatic heterocycles. The van der Waals surface area contributed by atoms with Crippen molar-refractivity contribution in [3.63, 3.8) is 0 Å². The molecule has 0 atom stereocenters. The molecule has 1 nitrogen and oxygen atoms in total. The predicted molar refractivity (Wildman–Crippen MR) is 74.9 cm³/mol. The van der Waals surface area contributed by atoms with Crippen molar-refractivity contribution in [2.75, 3.05) is 7.11 Å². The van der Waals surface area contributed by atoms with Gasteiger partial charge < -0.3 is 4.65 Å². The molecule has 2 aromatic rings. The molecule has 0 saturated carbocycles. The Morgan fingerprint density at radius 2 is 1.12 bits per heavy atom. The summed E-state index contributed by atoms with van der Waals surface area (Å²) in [6, 6.07) is 15.3. The Labute approximate surface area is 111 Å². The van der Waals surface area contributed by atoms with E-state index in [1.54, 1.807) is 7.11 Å². The highest BCUT2D eigenvalue weighted by Crippen LogP contribution is 2.07. The first-order chi connectivity index (χ1) is 8.20. The molecule has 0 aliphatic carbocycles. The second-order valence-electron chi connectivity index (χ2n) is 3.72. The van der Waals surface area contributed by atoms with Gasteiger partial charge in [-0.1, -0.05) is 47.5 Å². The van der Waals surface area contributed by atoms with Gasteiger partial charge in [0.15, 0.2) is 0 Å². The smallest absolute Gasteiger partial charge is 0.361 e. The molecule has 0 aliphatic heterocycles. The molecule has 0 spiro atoms. The van der Waals surface area contributed by atoms with Gasteiger partial charge in [0.25, 0.3) is 0 Å². The lowest BCUT2D eigenvalue weighted by atomic mass is 9.55. The Morgan fingerprint density at radius 1 is 0.765 bits per heavy atom. The lowest BCUT2D eigenvalue weighted by molar-refractivity contribution is 0.439. The average Bonchev–Trinajstić information content (AvgIpc) is 2.35. The van der Waals surface area contributed by atoms with Crippen LogP contribution in [0, 0.1) is 0 Å². The summed E-state index contributed by atoms with van der Waals surface area (Å²) in [5.41, 5.74) is 2.14. The fraction of sp³-hybridized carbons (Fsp3) is 0.0769. The van der Waals surface area contributed by atoms with E-state index in [2.05, 4.69) is 0 Å². The van der Waals surface area contributed by atoms with Crippen molar-refractivity contribution in [3.05, 3.63) is 58.6 Å². The SMILES string of the molecule is COB(c1ccc(Cl)cc1)c1ccc(Cl)cc1. The molecule has 17 heavy (non-hydrogen) atoms. The van der Waals surface area contributed by atoms with Gasteiger partial charge >= 0.3 is 6.92 Å². The van der Waals surface area contributed by atoms with Crippen LogP contribution in [0.3, 0.4) is 0 Å². The highest BCUT2D eigenvalue weighted by atomic mass is 35.5. The number of halogens is 2. The van der Waals surface area contributed by atoms with Crippen LogP contribution in [0.4, 0.5) is 0 Å². The van der Waals surface area contributed by atoms with Gasteiger partial charge in [0.2, 0.25) is 0 Å². The van der Waals surface area contributed by atoms with E-state index < -0.39 is 0 Å². The molecule has 2 aromatic carbocycles. The predicted octanol–water partition coefficient (Wildman–Crippen LogP) is 2.75. The van der Waals surface area contributed by atoms with Gasteiger partial charge in [-0.05, 0) is 35.2 Å². The molecular weight excluding hydrogens is 254 g/mol. The van der Waals surface area contributed by atoms with Gasteiger partial charge in [0.1, 0.15) is 0 Å². The third-order valence-corrected chi connectivity index (χ3v) is 3.09. The first-order valence-corrected chi connectivity index (χ1v) is 6.00. The summed E-state index contributed by atoms with van der Waals surface area (Å²) in [6.45, 7) is -0.0930. The third-order valence-electron chi connectivity index (χ3n) is 2.58. The minimum Gasteiger partial charge on any atom is -0.430 e. The van der Waals surface area contributed by atoms with Gasteiger partial charge in [0.05, 0.1) is 0 Å². The second-order valence-corrected chi connectivity index (χ2v) is 4.59. The van der Waals surface area contributed by atoms with Crippen molar-refractivity contribution < 1.29 is 4.65 Å². The Hall–Kier alpha value is -0.955. The maximum Gasteiger partial charge on any atom is 0.361 e. The van der Waals surface area contributed by atoms with Crippen LogP contribution in [0.1, 0.15) is 0 Å². The monoisotopic (exact) mass is 264 g/mol. The molecular formula is C13H11BCl2O. The van der Waals surface area contributed by atoms with Crippen LogP contribution in [-0.4, -0.2) is 14.0 Å². The van der Waals surface area contributed by atoms with Crippen LogP contribution in [0.15, 0.2) is 48.5 Å². The van der Waals surface area contributed by atoms with E-state index in [4.69, 9.17) is 27.9 Å². The van der Waals surface area contributed by atoms with Gasteiger partial charge in [-0.25, -0.2) is 0 Å². The van der Waals surface area contributed by atoms with E-state index in [1.165, 1.54) is 0 Å². The molecule has 0 saturated heterocycles. The molecule has 0 radical (unpaired) electrons. The lowest BCUT2D eigenvalue weighted by Gasteiger charge is -2.12. The first-order valence-electron chi connectivity index (χ1n) is 5.24. The van der Waals surface area contributed by atoms with Gasteiger partial charge in [0, 0.05) is 17.2 Å². The molecule has 86 valence electrons. The zero-order chi connectivity index (χ0) is 12.3. The minimum atomic E-state index is -0.0930. The van der Waals surface area contributed by atoms with E-state index in [1.807, 2.05) is 48.5 Å². The molecule has 4 heteroatoms. The number of benzene rings is 2. The summed E-state index contributed by atoms with van der Waals surface area (Å²) < 4.78 is 5.52. The Morgan fingerprint density at radius 3 is 1.41 bits per heavy atom. The molecule has 0 N–H and O–H groups in total. The van der Waals surface area contributed by atoms with Crippen LogP contribution in [-0.2, 0) is 4.65 Å². The van der Waals surface area contributed by atoms with Crippen molar-refractivity contribution in [2.24, 2.45) is 0 Å². The largest absolute Gasteiger partial charge is 0.430 e. The molecule has 0 heterocycles. The molecule has 0 unspecified atom stereocenters. The van der Waals surface area contributed by atoms with Crippen LogP contribution in [0.25, 0.3) is 0 Å². The van der Waals surface area contributed by atoms with E-state index in [0.29, 0.717) is 0 Å².